The van der Waals surface area contributed by atoms with Crippen LogP contribution in [-0.4, -0.2) is 34.6 Å². The van der Waals surface area contributed by atoms with Gasteiger partial charge in [-0.3, -0.25) is 0 Å². The van der Waals surface area contributed by atoms with Crippen LogP contribution in [0.25, 0.3) is 0 Å². The predicted octanol–water partition coefficient (Wildman–Crippen LogP) is 2.82. The molecule has 0 bridgehead atoms. The molecule has 1 aromatic carbocycles. The molecule has 124 valence electrons. The number of aliphatic hydroxyl groups is 2. The lowest BCUT2D eigenvalue weighted by atomic mass is 10.0. The number of rotatable bonds is 4. The van der Waals surface area contributed by atoms with E-state index in [1.165, 1.54) is 6.07 Å². The highest BCUT2D eigenvalue weighted by atomic mass is 79.9. The van der Waals surface area contributed by atoms with Crippen molar-refractivity contribution in [1.82, 2.24) is 5.32 Å². The Balaban J connectivity index is 2.72. The number of hydrogen-bond acceptors (Lipinski definition) is 4. The molecule has 0 aromatic heterocycles. The molecule has 3 N–H and O–H groups in total. The van der Waals surface area contributed by atoms with Gasteiger partial charge in [0.15, 0.2) is 0 Å². The van der Waals surface area contributed by atoms with Crippen LogP contribution in [0.4, 0.5) is 9.18 Å². The summed E-state index contributed by atoms with van der Waals surface area (Å²) in [6, 6.07) is 2.77. The Morgan fingerprint density at radius 3 is 2.55 bits per heavy atom. The highest BCUT2D eigenvalue weighted by Gasteiger charge is 2.26. The standard InChI is InChI=1S/C15H21BrFNO4/c1-8-5-6-9(17)11(12(8)16)13(20)10(19)7-18-14(21)22-15(2,3)4/h5-6,10,13,19-20H,7H2,1-4H3,(H,18,21). The fraction of sp³-hybridized carbons (Fsp3) is 0.533. The first-order chi connectivity index (χ1) is 10.0. The van der Waals surface area contributed by atoms with Crippen molar-refractivity contribution in [2.24, 2.45) is 0 Å². The summed E-state index contributed by atoms with van der Waals surface area (Å²) in [6.07, 6.45) is -3.58. The first kappa shape index (κ1) is 18.9. The Morgan fingerprint density at radius 1 is 1.41 bits per heavy atom. The minimum Gasteiger partial charge on any atom is -0.444 e. The van der Waals surface area contributed by atoms with E-state index in [1.54, 1.807) is 33.8 Å². The molecule has 7 heteroatoms. The molecule has 1 rings (SSSR count). The van der Waals surface area contributed by atoms with Crippen LogP contribution in [-0.2, 0) is 4.74 Å². The topological polar surface area (TPSA) is 78.8 Å². The zero-order valence-corrected chi connectivity index (χ0v) is 14.6. The molecule has 0 heterocycles. The smallest absolute Gasteiger partial charge is 0.407 e. The number of halogens is 2. The third-order valence-corrected chi connectivity index (χ3v) is 3.89. The maximum Gasteiger partial charge on any atom is 0.407 e. The molecular formula is C15H21BrFNO4. The number of aryl methyl sites for hydroxylation is 1. The lowest BCUT2D eigenvalue weighted by molar-refractivity contribution is 0.0109. The molecule has 0 saturated heterocycles. The van der Waals surface area contributed by atoms with Crippen molar-refractivity contribution in [2.45, 2.75) is 45.5 Å². The van der Waals surface area contributed by atoms with E-state index < -0.39 is 29.7 Å². The summed E-state index contributed by atoms with van der Waals surface area (Å²) in [4.78, 5) is 11.5. The summed E-state index contributed by atoms with van der Waals surface area (Å²) in [5.41, 5.74) is 0.0144. The highest BCUT2D eigenvalue weighted by Crippen LogP contribution is 2.31. The van der Waals surface area contributed by atoms with Crippen molar-refractivity contribution in [2.75, 3.05) is 6.54 Å². The maximum atomic E-state index is 13.8. The van der Waals surface area contributed by atoms with E-state index in [2.05, 4.69) is 21.2 Å². The quantitative estimate of drug-likeness (QED) is 0.753. The highest BCUT2D eigenvalue weighted by molar-refractivity contribution is 9.10. The van der Waals surface area contributed by atoms with Gasteiger partial charge in [-0.05, 0) is 39.3 Å². The monoisotopic (exact) mass is 377 g/mol. The zero-order chi connectivity index (χ0) is 17.1. The summed E-state index contributed by atoms with van der Waals surface area (Å²) in [6.45, 7) is 6.59. The van der Waals surface area contributed by atoms with Gasteiger partial charge in [-0.2, -0.15) is 0 Å². The number of nitrogens with one attached hydrogen (secondary N) is 1. The molecule has 0 saturated carbocycles. The van der Waals surface area contributed by atoms with Crippen LogP contribution in [0.3, 0.4) is 0 Å². The molecule has 2 unspecified atom stereocenters. The minimum absolute atomic E-state index is 0.0431. The van der Waals surface area contributed by atoms with Gasteiger partial charge in [-0.25, -0.2) is 9.18 Å². The summed E-state index contributed by atoms with van der Waals surface area (Å²) in [5, 5.41) is 22.4. The Bertz CT molecular complexity index is 545. The van der Waals surface area contributed by atoms with Crippen molar-refractivity contribution in [3.8, 4) is 0 Å². The molecule has 1 aromatic rings. The second-order valence-corrected chi connectivity index (χ2v) is 6.78. The van der Waals surface area contributed by atoms with Gasteiger partial charge in [0, 0.05) is 16.6 Å². The number of aliphatic hydroxyl groups excluding tert-OH is 2. The van der Waals surface area contributed by atoms with Gasteiger partial charge in [0.05, 0.1) is 0 Å². The third kappa shape index (κ3) is 5.23. The summed E-state index contributed by atoms with van der Waals surface area (Å²) in [7, 11) is 0. The summed E-state index contributed by atoms with van der Waals surface area (Å²) < 4.78 is 19.2. The number of ether oxygens (including phenoxy) is 1. The van der Waals surface area contributed by atoms with Crippen LogP contribution < -0.4 is 5.32 Å². The minimum atomic E-state index is -1.48. The molecule has 0 spiro atoms. The lowest BCUT2D eigenvalue weighted by Gasteiger charge is -2.23. The zero-order valence-electron chi connectivity index (χ0n) is 13.0. The number of benzene rings is 1. The van der Waals surface area contributed by atoms with Gasteiger partial charge in [0.1, 0.15) is 23.6 Å². The normalized spacial score (nSPS) is 14.4. The molecule has 0 radical (unpaired) electrons. The average molecular weight is 378 g/mol. The molecule has 0 aliphatic carbocycles. The van der Waals surface area contributed by atoms with Crippen LogP contribution in [0, 0.1) is 12.7 Å². The largest absolute Gasteiger partial charge is 0.444 e. The van der Waals surface area contributed by atoms with Gasteiger partial charge in [0.2, 0.25) is 0 Å². The first-order valence-corrected chi connectivity index (χ1v) is 7.59. The predicted molar refractivity (Wildman–Crippen MR) is 84.0 cm³/mol. The van der Waals surface area contributed by atoms with E-state index in [1.807, 2.05) is 0 Å². The van der Waals surface area contributed by atoms with Crippen LogP contribution in [0.2, 0.25) is 0 Å². The van der Waals surface area contributed by atoms with E-state index >= 15 is 0 Å². The van der Waals surface area contributed by atoms with Gasteiger partial charge in [-0.15, -0.1) is 0 Å². The molecule has 0 fully saturated rings. The molecular weight excluding hydrogens is 357 g/mol. The van der Waals surface area contributed by atoms with Gasteiger partial charge in [-0.1, -0.05) is 22.0 Å². The third-order valence-electron chi connectivity index (χ3n) is 2.83. The second kappa shape index (κ2) is 7.39. The molecule has 0 aliphatic rings. The Hall–Kier alpha value is -1.18. The number of alkyl carbamates (subject to hydrolysis) is 1. The second-order valence-electron chi connectivity index (χ2n) is 5.99. The van der Waals surface area contributed by atoms with E-state index in [-0.39, 0.29) is 12.1 Å². The van der Waals surface area contributed by atoms with E-state index in [0.717, 1.165) is 5.56 Å². The van der Waals surface area contributed by atoms with E-state index in [0.29, 0.717) is 4.47 Å². The van der Waals surface area contributed by atoms with Crippen molar-refractivity contribution < 1.29 is 24.1 Å². The molecule has 22 heavy (non-hydrogen) atoms. The number of amides is 1. The maximum absolute atomic E-state index is 13.8. The van der Waals surface area contributed by atoms with Crippen molar-refractivity contribution >= 4 is 22.0 Å². The average Bonchev–Trinajstić information content (AvgIpc) is 2.38. The van der Waals surface area contributed by atoms with E-state index in [9.17, 15) is 19.4 Å². The van der Waals surface area contributed by atoms with E-state index in [4.69, 9.17) is 4.74 Å². The van der Waals surface area contributed by atoms with Gasteiger partial charge in [0.25, 0.3) is 0 Å². The summed E-state index contributed by atoms with van der Waals surface area (Å²) in [5.74, 6) is -0.638. The first-order valence-electron chi connectivity index (χ1n) is 6.80. The van der Waals surface area contributed by atoms with Crippen LogP contribution in [0.5, 0.6) is 0 Å². The van der Waals surface area contributed by atoms with Gasteiger partial charge < -0.3 is 20.3 Å². The Kier molecular flexibility index (Phi) is 6.34. The Morgan fingerprint density at radius 2 is 2.00 bits per heavy atom. The Labute approximate surface area is 137 Å². The fourth-order valence-electron chi connectivity index (χ4n) is 1.76. The summed E-state index contributed by atoms with van der Waals surface area (Å²) >= 11 is 3.20. The van der Waals surface area contributed by atoms with Crippen LogP contribution in [0.1, 0.15) is 38.0 Å². The van der Waals surface area contributed by atoms with Crippen molar-refractivity contribution in [1.29, 1.82) is 0 Å². The molecule has 5 nitrogen and oxygen atoms in total. The van der Waals surface area contributed by atoms with Crippen LogP contribution in [0.15, 0.2) is 16.6 Å². The van der Waals surface area contributed by atoms with Crippen molar-refractivity contribution in [3.63, 3.8) is 0 Å². The SMILES string of the molecule is Cc1ccc(F)c(C(O)C(O)CNC(=O)OC(C)(C)C)c1Br. The molecule has 2 atom stereocenters. The molecule has 0 aliphatic heterocycles. The number of carbonyl (C=O) groups excluding carboxylic acids is 1. The van der Waals surface area contributed by atoms with Crippen molar-refractivity contribution in [3.05, 3.63) is 33.5 Å². The number of hydrogen-bond donors (Lipinski definition) is 3. The van der Waals surface area contributed by atoms with Gasteiger partial charge >= 0.3 is 6.09 Å². The lowest BCUT2D eigenvalue weighted by Crippen LogP contribution is -2.39. The van der Waals surface area contributed by atoms with Crippen LogP contribution >= 0.6 is 15.9 Å². The number of carbonyl (C=O) groups is 1. The fourth-order valence-corrected chi connectivity index (χ4v) is 2.31. The molecule has 1 amide bonds.